The number of imidazole rings is 1. The molecule has 258 valence electrons. The van der Waals surface area contributed by atoms with Crippen LogP contribution in [0.15, 0.2) is 79.1 Å². The first-order valence-electron chi connectivity index (χ1n) is 15.6. The summed E-state index contributed by atoms with van der Waals surface area (Å²) < 4.78 is 39.6. The topological polar surface area (TPSA) is 193 Å². The predicted octanol–water partition coefficient (Wildman–Crippen LogP) is 4.79. The van der Waals surface area contributed by atoms with E-state index >= 15 is 0 Å². The van der Waals surface area contributed by atoms with Crippen molar-refractivity contribution in [3.8, 4) is 5.75 Å². The van der Waals surface area contributed by atoms with Crippen molar-refractivity contribution in [3.05, 3.63) is 90.0 Å². The molecule has 1 fully saturated rings. The summed E-state index contributed by atoms with van der Waals surface area (Å²) in [5.41, 5.74) is 7.06. The van der Waals surface area contributed by atoms with Crippen LogP contribution in [0.4, 0.5) is 5.82 Å². The molecule has 1 aliphatic rings. The third-order valence-corrected chi connectivity index (χ3v) is 9.78. The average Bonchev–Trinajstić information content (AvgIpc) is 3.57. The maximum atomic E-state index is 14.7. The minimum absolute atomic E-state index is 0.00866. The molecule has 0 bridgehead atoms. The summed E-state index contributed by atoms with van der Waals surface area (Å²) >= 11 is 6.37. The number of carbonyl (C=O) groups is 1. The quantitative estimate of drug-likeness (QED) is 0.0741. The third-order valence-electron chi connectivity index (χ3n) is 7.96. The fraction of sp³-hybridized carbons (Fsp3) is 0.333. The number of benzene rings is 3. The van der Waals surface area contributed by atoms with Crippen LogP contribution in [0.25, 0.3) is 21.9 Å². The molecule has 0 amide bonds. The van der Waals surface area contributed by atoms with Gasteiger partial charge >= 0.3 is 13.7 Å². The summed E-state index contributed by atoms with van der Waals surface area (Å²) in [6, 6.07) is 20.7. The monoisotopic (exact) mass is 710 g/mol. The zero-order chi connectivity index (χ0) is 34.7. The number of nitrogens with zero attached hydrogens (tertiary/aromatic N) is 4. The van der Waals surface area contributed by atoms with Crippen LogP contribution in [0.1, 0.15) is 32.1 Å². The third kappa shape index (κ3) is 7.71. The molecular weight excluding hydrogens is 675 g/mol. The number of aliphatic hydroxyl groups excluding tert-OH is 2. The number of rotatable bonds is 13. The molecule has 3 heterocycles. The van der Waals surface area contributed by atoms with E-state index in [2.05, 4.69) is 20.0 Å². The van der Waals surface area contributed by atoms with Crippen molar-refractivity contribution in [2.24, 2.45) is 5.92 Å². The zero-order valence-electron chi connectivity index (χ0n) is 26.6. The summed E-state index contributed by atoms with van der Waals surface area (Å²) in [6.45, 7) is 3.29. The van der Waals surface area contributed by atoms with Gasteiger partial charge in [0.1, 0.15) is 43.0 Å². The van der Waals surface area contributed by atoms with Gasteiger partial charge in [0.25, 0.3) is 0 Å². The first kappa shape index (κ1) is 34.7. The van der Waals surface area contributed by atoms with Gasteiger partial charge in [0, 0.05) is 5.39 Å². The minimum atomic E-state index is -4.45. The number of fused-ring (bicyclic) bond motifs is 2. The fourth-order valence-electron chi connectivity index (χ4n) is 5.56. The van der Waals surface area contributed by atoms with Crippen LogP contribution in [0.5, 0.6) is 5.75 Å². The second-order valence-corrected chi connectivity index (χ2v) is 14.0. The van der Waals surface area contributed by atoms with Crippen molar-refractivity contribution in [3.63, 3.8) is 0 Å². The van der Waals surface area contributed by atoms with Crippen LogP contribution in [0.3, 0.4) is 0 Å². The predicted molar refractivity (Wildman–Crippen MR) is 181 cm³/mol. The molecule has 0 aliphatic carbocycles. The van der Waals surface area contributed by atoms with Crippen LogP contribution in [0, 0.1) is 5.92 Å². The summed E-state index contributed by atoms with van der Waals surface area (Å²) in [5, 5.41) is 26.2. The van der Waals surface area contributed by atoms with Crippen LogP contribution in [-0.4, -0.2) is 66.7 Å². The molecule has 1 unspecified atom stereocenters. The fourth-order valence-corrected chi connectivity index (χ4v) is 7.36. The highest BCUT2D eigenvalue weighted by Gasteiger charge is 2.47. The van der Waals surface area contributed by atoms with Crippen molar-refractivity contribution in [2.45, 2.75) is 57.5 Å². The molecule has 49 heavy (non-hydrogen) atoms. The van der Waals surface area contributed by atoms with Crippen molar-refractivity contribution < 1.29 is 38.1 Å². The van der Waals surface area contributed by atoms with Gasteiger partial charge in [-0.15, -0.1) is 0 Å². The number of aliphatic hydroxyl groups is 2. The number of aromatic nitrogens is 4. The highest BCUT2D eigenvalue weighted by molar-refractivity contribution is 7.52. The molecule has 3 aromatic carbocycles. The van der Waals surface area contributed by atoms with E-state index in [-0.39, 0.29) is 47.0 Å². The number of nitrogens with one attached hydrogen (secondary N) is 1. The molecule has 6 rings (SSSR count). The average molecular weight is 711 g/mol. The second-order valence-electron chi connectivity index (χ2n) is 12.0. The van der Waals surface area contributed by atoms with Crippen LogP contribution in [0.2, 0.25) is 5.28 Å². The van der Waals surface area contributed by atoms with E-state index in [1.165, 1.54) is 10.9 Å². The van der Waals surface area contributed by atoms with E-state index in [4.69, 9.17) is 35.9 Å². The lowest BCUT2D eigenvalue weighted by Gasteiger charge is -2.27. The van der Waals surface area contributed by atoms with Gasteiger partial charge in [-0.3, -0.25) is 13.9 Å². The summed E-state index contributed by atoms with van der Waals surface area (Å²) in [4.78, 5) is 25.7. The maximum absolute atomic E-state index is 14.7. The normalized spacial score (nSPS) is 21.2. The highest BCUT2D eigenvalue weighted by atomic mass is 35.5. The summed E-state index contributed by atoms with van der Waals surface area (Å²) in [5.74, 6) is -0.376. The second kappa shape index (κ2) is 14.8. The van der Waals surface area contributed by atoms with Crippen LogP contribution >= 0.6 is 19.3 Å². The molecule has 0 radical (unpaired) electrons. The minimum Gasteiger partial charge on any atom is -0.460 e. The lowest BCUT2D eigenvalue weighted by Crippen LogP contribution is -2.40. The highest BCUT2D eigenvalue weighted by Crippen LogP contribution is 2.48. The van der Waals surface area contributed by atoms with E-state index in [9.17, 15) is 19.6 Å². The Hall–Kier alpha value is -4.14. The van der Waals surface area contributed by atoms with E-state index in [0.29, 0.717) is 5.39 Å². The molecule has 1 aliphatic heterocycles. The standard InChI is InChI=1S/C33H36ClN6O8P/c1-19(2)15-23(32(43)45-16-20-9-4-3-5-10-20)39-49(44,48-24-14-8-12-21-11-6-7-13-22(21)24)46-17-25-27(41)28(42)31(47-25)40-30-26(38-33(40)34)29(35)36-18-37-30/h3-14,18-19,23,25,27-28,31,41-42H,15-17H2,1-2H3,(H,39,44)(H2,35,36,37)/t23-,25+,27-,28-,31+,49?/m0/s1. The van der Waals surface area contributed by atoms with E-state index < -0.39 is 50.9 Å². The number of anilines is 1. The Morgan fingerprint density at radius 1 is 1.06 bits per heavy atom. The first-order valence-corrected chi connectivity index (χ1v) is 17.5. The van der Waals surface area contributed by atoms with Crippen molar-refractivity contribution >= 4 is 53.1 Å². The first-order chi connectivity index (χ1) is 23.5. The molecule has 0 saturated carbocycles. The van der Waals surface area contributed by atoms with Gasteiger partial charge in [-0.2, -0.15) is 5.09 Å². The van der Waals surface area contributed by atoms with Crippen molar-refractivity contribution in [2.75, 3.05) is 12.3 Å². The summed E-state index contributed by atoms with van der Waals surface area (Å²) in [7, 11) is -4.45. The number of nitrogen functional groups attached to an aromatic ring is 1. The Bertz CT molecular complexity index is 1980. The Morgan fingerprint density at radius 2 is 1.80 bits per heavy atom. The van der Waals surface area contributed by atoms with E-state index in [1.807, 2.05) is 68.4 Å². The number of hydrogen-bond donors (Lipinski definition) is 4. The SMILES string of the molecule is CC(C)C[C@H](NP(=O)(OC[C@H]1O[C@@H](n2c(Cl)nc3c(N)ncnc32)[C@@H](O)[C@H]1O)Oc1cccc2ccccc12)C(=O)OCc1ccccc1. The Labute approximate surface area is 286 Å². The number of halogens is 1. The van der Waals surface area contributed by atoms with Gasteiger partial charge in [0.15, 0.2) is 23.2 Å². The number of ether oxygens (including phenoxy) is 2. The van der Waals surface area contributed by atoms with Crippen LogP contribution < -0.4 is 15.3 Å². The van der Waals surface area contributed by atoms with Gasteiger partial charge in [-0.05, 0) is 41.0 Å². The molecule has 14 nitrogen and oxygen atoms in total. The van der Waals surface area contributed by atoms with Crippen molar-refractivity contribution in [1.82, 2.24) is 24.6 Å². The maximum Gasteiger partial charge on any atom is 0.459 e. The largest absolute Gasteiger partial charge is 0.460 e. The molecule has 1 saturated heterocycles. The Kier molecular flexibility index (Phi) is 10.5. The Morgan fingerprint density at radius 3 is 2.57 bits per heavy atom. The van der Waals surface area contributed by atoms with Gasteiger partial charge in [-0.1, -0.05) is 80.6 Å². The number of hydrogen-bond acceptors (Lipinski definition) is 12. The van der Waals surface area contributed by atoms with Crippen molar-refractivity contribution in [1.29, 1.82) is 0 Å². The molecule has 6 atom stereocenters. The van der Waals surface area contributed by atoms with Crippen LogP contribution in [-0.2, 0) is 30.0 Å². The van der Waals surface area contributed by atoms with E-state index in [0.717, 1.165) is 10.9 Å². The molecule has 16 heteroatoms. The summed E-state index contributed by atoms with van der Waals surface area (Å²) in [6.07, 6.45) is -4.09. The van der Waals surface area contributed by atoms with E-state index in [1.54, 1.807) is 18.2 Å². The smallest absolute Gasteiger partial charge is 0.459 e. The molecule has 5 N–H and O–H groups in total. The number of esters is 1. The molecular formula is C33H36ClN6O8P. The van der Waals surface area contributed by atoms with Gasteiger partial charge < -0.3 is 29.9 Å². The molecule has 5 aromatic rings. The number of nitrogens with two attached hydrogens (primary N) is 1. The van der Waals surface area contributed by atoms with Gasteiger partial charge in [0.2, 0.25) is 5.28 Å². The van der Waals surface area contributed by atoms with Gasteiger partial charge in [-0.25, -0.2) is 19.5 Å². The lowest BCUT2D eigenvalue weighted by molar-refractivity contribution is -0.147. The zero-order valence-corrected chi connectivity index (χ0v) is 28.3. The molecule has 0 spiro atoms. The molecule has 2 aromatic heterocycles. The van der Waals surface area contributed by atoms with Gasteiger partial charge in [0.05, 0.1) is 6.61 Å². The Balaban J connectivity index is 1.26. The lowest BCUT2D eigenvalue weighted by atomic mass is 10.1. The number of carbonyl (C=O) groups excluding carboxylic acids is 1.